The lowest BCUT2D eigenvalue weighted by molar-refractivity contribution is 0.153. The van der Waals surface area contributed by atoms with Crippen LogP contribution in [0.4, 0.5) is 10.5 Å². The minimum Gasteiger partial charge on any atom is -0.380 e. The lowest BCUT2D eigenvalue weighted by Gasteiger charge is -2.12. The van der Waals surface area contributed by atoms with Gasteiger partial charge in [-0.3, -0.25) is 4.84 Å². The summed E-state index contributed by atoms with van der Waals surface area (Å²) >= 11 is 0. The van der Waals surface area contributed by atoms with Crippen molar-refractivity contribution in [3.05, 3.63) is 29.8 Å². The number of hydrogen-bond acceptors (Lipinski definition) is 4. The molecule has 0 aliphatic heterocycles. The van der Waals surface area contributed by atoms with E-state index in [-0.39, 0.29) is 5.84 Å². The van der Waals surface area contributed by atoms with E-state index in [9.17, 15) is 4.79 Å². The van der Waals surface area contributed by atoms with Gasteiger partial charge in [0.05, 0.1) is 0 Å². The molecule has 1 aromatic carbocycles. The molecule has 0 saturated heterocycles. The largest absolute Gasteiger partial charge is 0.433 e. The number of anilines is 1. The summed E-state index contributed by atoms with van der Waals surface area (Å²) in [6.07, 6.45) is -0.655. The molecule has 1 amide bonds. The maximum Gasteiger partial charge on any atom is 0.433 e. The minimum absolute atomic E-state index is 0.152. The first-order valence-electron chi connectivity index (χ1n) is 5.04. The van der Waals surface area contributed by atoms with E-state index in [0.29, 0.717) is 5.56 Å². The molecular weight excluding hydrogens is 220 g/mol. The summed E-state index contributed by atoms with van der Waals surface area (Å²) in [6, 6.07) is 7.41. The summed E-state index contributed by atoms with van der Waals surface area (Å²) in [4.78, 5) is 17.2. The van der Waals surface area contributed by atoms with Gasteiger partial charge in [-0.05, 0) is 24.3 Å². The summed E-state index contributed by atoms with van der Waals surface area (Å²) in [7, 11) is 5.34. The number of nitrogens with zero attached hydrogens (tertiary/aromatic N) is 2. The molecule has 0 aromatic heterocycles. The van der Waals surface area contributed by atoms with Gasteiger partial charge in [-0.15, -0.1) is 0 Å². The van der Waals surface area contributed by atoms with Crippen molar-refractivity contribution < 1.29 is 9.63 Å². The smallest absolute Gasteiger partial charge is 0.380 e. The minimum atomic E-state index is -0.655. The highest BCUT2D eigenvalue weighted by molar-refractivity contribution is 5.97. The number of carbonyl (C=O) groups is 1. The SMILES string of the molecule is CNC(=O)O/N=C(\N)c1ccc(N(C)C)cc1. The second-order valence-corrected chi connectivity index (χ2v) is 3.55. The Labute approximate surface area is 100 Å². The van der Waals surface area contributed by atoms with Crippen molar-refractivity contribution in [2.24, 2.45) is 10.9 Å². The first-order valence-corrected chi connectivity index (χ1v) is 5.04. The molecule has 0 bridgehead atoms. The third-order valence-corrected chi connectivity index (χ3v) is 2.11. The molecule has 6 nitrogen and oxygen atoms in total. The molecule has 0 spiro atoms. The Morgan fingerprint density at radius 2 is 1.94 bits per heavy atom. The van der Waals surface area contributed by atoms with Crippen LogP contribution in [0.25, 0.3) is 0 Å². The average molecular weight is 236 g/mol. The number of amidine groups is 1. The van der Waals surface area contributed by atoms with Crippen molar-refractivity contribution in [1.82, 2.24) is 5.32 Å². The molecule has 17 heavy (non-hydrogen) atoms. The second-order valence-electron chi connectivity index (χ2n) is 3.55. The number of benzene rings is 1. The van der Waals surface area contributed by atoms with Crippen molar-refractivity contribution in [3.63, 3.8) is 0 Å². The van der Waals surface area contributed by atoms with E-state index < -0.39 is 6.09 Å². The average Bonchev–Trinajstić information content (AvgIpc) is 2.35. The molecule has 0 saturated carbocycles. The van der Waals surface area contributed by atoms with E-state index in [1.165, 1.54) is 7.05 Å². The second kappa shape index (κ2) is 5.74. The molecule has 0 aliphatic carbocycles. The van der Waals surface area contributed by atoms with Gasteiger partial charge in [-0.1, -0.05) is 5.16 Å². The van der Waals surface area contributed by atoms with Gasteiger partial charge < -0.3 is 16.0 Å². The zero-order valence-electron chi connectivity index (χ0n) is 10.1. The quantitative estimate of drug-likeness (QED) is 0.351. The Kier molecular flexibility index (Phi) is 4.33. The predicted molar refractivity (Wildman–Crippen MR) is 67.0 cm³/mol. The number of amides is 1. The van der Waals surface area contributed by atoms with Crippen molar-refractivity contribution in [2.45, 2.75) is 0 Å². The number of nitrogens with one attached hydrogen (secondary N) is 1. The fourth-order valence-corrected chi connectivity index (χ4v) is 1.12. The van der Waals surface area contributed by atoms with Gasteiger partial charge in [0, 0.05) is 32.4 Å². The molecule has 0 unspecified atom stereocenters. The molecular formula is C11H16N4O2. The van der Waals surface area contributed by atoms with Crippen LogP contribution in [-0.2, 0) is 4.84 Å². The van der Waals surface area contributed by atoms with Crippen LogP contribution in [0.1, 0.15) is 5.56 Å². The van der Waals surface area contributed by atoms with Crippen LogP contribution in [-0.4, -0.2) is 33.1 Å². The van der Waals surface area contributed by atoms with Gasteiger partial charge >= 0.3 is 6.09 Å². The van der Waals surface area contributed by atoms with Gasteiger partial charge in [0.25, 0.3) is 0 Å². The maximum atomic E-state index is 10.8. The van der Waals surface area contributed by atoms with Gasteiger partial charge in [0.15, 0.2) is 5.84 Å². The van der Waals surface area contributed by atoms with Gasteiger partial charge in [0.2, 0.25) is 0 Å². The number of hydrogen-bond donors (Lipinski definition) is 2. The van der Waals surface area contributed by atoms with Crippen molar-refractivity contribution >= 4 is 17.6 Å². The summed E-state index contributed by atoms with van der Waals surface area (Å²) in [5.41, 5.74) is 7.40. The summed E-state index contributed by atoms with van der Waals surface area (Å²) in [6.45, 7) is 0. The molecule has 0 aliphatic rings. The van der Waals surface area contributed by atoms with Crippen LogP contribution >= 0.6 is 0 Å². The molecule has 0 heterocycles. The van der Waals surface area contributed by atoms with E-state index in [1.807, 2.05) is 31.1 Å². The fourth-order valence-electron chi connectivity index (χ4n) is 1.12. The zero-order chi connectivity index (χ0) is 12.8. The Hall–Kier alpha value is -2.24. The van der Waals surface area contributed by atoms with Crippen LogP contribution in [0, 0.1) is 0 Å². The fraction of sp³-hybridized carbons (Fsp3) is 0.273. The van der Waals surface area contributed by atoms with E-state index in [1.54, 1.807) is 12.1 Å². The third-order valence-electron chi connectivity index (χ3n) is 2.11. The molecule has 0 atom stereocenters. The van der Waals surface area contributed by atoms with Crippen molar-refractivity contribution in [1.29, 1.82) is 0 Å². The molecule has 0 radical (unpaired) electrons. The predicted octanol–water partition coefficient (Wildman–Crippen LogP) is 0.729. The topological polar surface area (TPSA) is 79.9 Å². The number of rotatable bonds is 3. The monoisotopic (exact) mass is 236 g/mol. The molecule has 1 aromatic rings. The number of nitrogens with two attached hydrogens (primary N) is 1. The van der Waals surface area contributed by atoms with Gasteiger partial charge in [-0.25, -0.2) is 4.79 Å². The number of carbonyl (C=O) groups excluding carboxylic acids is 1. The highest BCUT2D eigenvalue weighted by Gasteiger charge is 2.02. The van der Waals surface area contributed by atoms with Crippen LogP contribution in [0.5, 0.6) is 0 Å². The highest BCUT2D eigenvalue weighted by atomic mass is 16.7. The summed E-state index contributed by atoms with van der Waals surface area (Å²) in [5.74, 6) is 0.152. The van der Waals surface area contributed by atoms with E-state index in [0.717, 1.165) is 5.69 Å². The molecule has 1 rings (SSSR count). The van der Waals surface area contributed by atoms with Crippen molar-refractivity contribution in [2.75, 3.05) is 26.0 Å². The highest BCUT2D eigenvalue weighted by Crippen LogP contribution is 2.11. The molecule has 92 valence electrons. The van der Waals surface area contributed by atoms with Crippen LogP contribution in [0.2, 0.25) is 0 Å². The first kappa shape index (κ1) is 12.8. The lowest BCUT2D eigenvalue weighted by atomic mass is 10.2. The van der Waals surface area contributed by atoms with Crippen molar-refractivity contribution in [3.8, 4) is 0 Å². The Balaban J connectivity index is 2.75. The van der Waals surface area contributed by atoms with E-state index in [4.69, 9.17) is 5.73 Å². The Bertz CT molecular complexity index is 412. The molecule has 6 heteroatoms. The summed E-state index contributed by atoms with van der Waals surface area (Å²) in [5, 5.41) is 5.77. The summed E-state index contributed by atoms with van der Waals surface area (Å²) < 4.78 is 0. The van der Waals surface area contributed by atoms with Crippen LogP contribution < -0.4 is 16.0 Å². The molecule has 0 fully saturated rings. The van der Waals surface area contributed by atoms with Gasteiger partial charge in [0.1, 0.15) is 0 Å². The first-order chi connectivity index (χ1) is 8.04. The normalized spacial score (nSPS) is 10.9. The Morgan fingerprint density at radius 3 is 2.41 bits per heavy atom. The Morgan fingerprint density at radius 1 is 1.35 bits per heavy atom. The van der Waals surface area contributed by atoms with E-state index in [2.05, 4.69) is 15.3 Å². The lowest BCUT2D eigenvalue weighted by Crippen LogP contribution is -2.20. The molecule has 3 N–H and O–H groups in total. The van der Waals surface area contributed by atoms with Crippen LogP contribution in [0.15, 0.2) is 29.4 Å². The van der Waals surface area contributed by atoms with Crippen LogP contribution in [0.3, 0.4) is 0 Å². The third kappa shape index (κ3) is 3.67. The van der Waals surface area contributed by atoms with E-state index >= 15 is 0 Å². The number of oxime groups is 1. The standard InChI is InChI=1S/C11H16N4O2/c1-13-11(16)17-14-10(12)8-4-6-9(7-5-8)15(2)3/h4-7H,1-3H3,(H2,12,14)(H,13,16). The maximum absolute atomic E-state index is 10.8. The van der Waals surface area contributed by atoms with Gasteiger partial charge in [-0.2, -0.15) is 0 Å². The zero-order valence-corrected chi connectivity index (χ0v) is 10.1.